The fraction of sp³-hybridized carbons (Fsp3) is 0.333. The number of carbonyl (C=O) groups excluding carboxylic acids is 1. The molecule has 0 radical (unpaired) electrons. The molecule has 1 amide bonds. The van der Waals surface area contributed by atoms with Crippen molar-refractivity contribution in [2.75, 3.05) is 13.1 Å². The van der Waals surface area contributed by atoms with Gasteiger partial charge in [-0.3, -0.25) is 4.79 Å². The molecule has 0 atom stereocenters. The maximum Gasteiger partial charge on any atom is 0.271 e. The molecule has 0 bridgehead atoms. The number of amides is 1. The fourth-order valence-electron chi connectivity index (χ4n) is 3.28. The van der Waals surface area contributed by atoms with Crippen molar-refractivity contribution in [2.45, 2.75) is 18.9 Å². The number of aryl methyl sites for hydroxylation is 1. The van der Waals surface area contributed by atoms with Crippen LogP contribution in [0, 0.1) is 0 Å². The van der Waals surface area contributed by atoms with E-state index in [0.717, 1.165) is 24.0 Å². The number of piperidine rings is 1. The lowest BCUT2D eigenvalue weighted by Crippen LogP contribution is -2.41. The van der Waals surface area contributed by atoms with Crippen LogP contribution in [0.4, 0.5) is 0 Å². The minimum absolute atomic E-state index is 0.0103. The molecule has 6 nitrogen and oxygen atoms in total. The van der Waals surface area contributed by atoms with Gasteiger partial charge in [0, 0.05) is 44.6 Å². The third kappa shape index (κ3) is 2.64. The monoisotopic (exact) mass is 324 g/mol. The summed E-state index contributed by atoms with van der Waals surface area (Å²) in [5, 5.41) is 1.14. The molecule has 1 aliphatic rings. The molecule has 3 heterocycles. The van der Waals surface area contributed by atoms with Gasteiger partial charge < -0.3 is 19.2 Å². The number of benzene rings is 1. The zero-order valence-corrected chi connectivity index (χ0v) is 13.6. The lowest BCUT2D eigenvalue weighted by molar-refractivity contribution is 0.0593. The molecule has 1 aliphatic heterocycles. The molecule has 0 aliphatic carbocycles. The van der Waals surface area contributed by atoms with Gasteiger partial charge in [-0.05, 0) is 18.2 Å². The molecule has 0 unspecified atom stereocenters. The van der Waals surface area contributed by atoms with Crippen LogP contribution in [-0.2, 0) is 7.05 Å². The van der Waals surface area contributed by atoms with Gasteiger partial charge in [0.15, 0.2) is 0 Å². The zero-order valence-electron chi connectivity index (χ0n) is 13.6. The van der Waals surface area contributed by atoms with E-state index in [1.54, 1.807) is 6.20 Å². The highest BCUT2D eigenvalue weighted by Crippen LogP contribution is 2.28. The topological polar surface area (TPSA) is 63.1 Å². The molecule has 1 fully saturated rings. The molecule has 124 valence electrons. The summed E-state index contributed by atoms with van der Waals surface area (Å²) in [5.41, 5.74) is 1.71. The van der Waals surface area contributed by atoms with Gasteiger partial charge in [0.1, 0.15) is 17.5 Å². The van der Waals surface area contributed by atoms with Crippen molar-refractivity contribution in [3.8, 4) is 5.75 Å². The Morgan fingerprint density at radius 1 is 1.29 bits per heavy atom. The van der Waals surface area contributed by atoms with E-state index in [1.807, 2.05) is 30.3 Å². The maximum absolute atomic E-state index is 12.3. The summed E-state index contributed by atoms with van der Waals surface area (Å²) in [7, 11) is 2.03. The highest BCUT2D eigenvalue weighted by molar-refractivity contribution is 5.92. The minimum Gasteiger partial charge on any atom is -0.490 e. The first-order valence-electron chi connectivity index (χ1n) is 8.21. The number of ether oxygens (including phenoxy) is 1. The summed E-state index contributed by atoms with van der Waals surface area (Å²) >= 11 is 0. The Morgan fingerprint density at radius 3 is 2.88 bits per heavy atom. The standard InChI is InChI=1S/C18H20N4O2/c1-21-8-7-14-16(21)3-2-4-17(14)24-13-5-9-22(10-6-13)18(23)15-11-19-12-20-15/h2-4,7-8,11-13H,5-6,9-10H2,1H3,(H,19,20). The molecule has 1 saturated heterocycles. The largest absolute Gasteiger partial charge is 0.490 e. The van der Waals surface area contributed by atoms with Gasteiger partial charge in [-0.1, -0.05) is 6.07 Å². The number of likely N-dealkylation sites (tertiary alicyclic amines) is 1. The van der Waals surface area contributed by atoms with Gasteiger partial charge >= 0.3 is 0 Å². The second kappa shape index (κ2) is 6.03. The molecule has 3 aromatic rings. The molecule has 6 heteroatoms. The SMILES string of the molecule is Cn1ccc2c(OC3CCN(C(=O)c4cnc[nH]4)CC3)cccc21. The summed E-state index contributed by atoms with van der Waals surface area (Å²) in [5.74, 6) is 0.933. The van der Waals surface area contributed by atoms with Crippen LogP contribution in [0.1, 0.15) is 23.3 Å². The van der Waals surface area contributed by atoms with E-state index in [0.29, 0.717) is 18.8 Å². The number of rotatable bonds is 3. The van der Waals surface area contributed by atoms with Crippen molar-refractivity contribution in [1.82, 2.24) is 19.4 Å². The molecule has 4 rings (SSSR count). The number of hydrogen-bond donors (Lipinski definition) is 1. The molecule has 0 saturated carbocycles. The van der Waals surface area contributed by atoms with Crippen LogP contribution in [0.15, 0.2) is 43.0 Å². The highest BCUT2D eigenvalue weighted by atomic mass is 16.5. The van der Waals surface area contributed by atoms with Gasteiger partial charge in [-0.25, -0.2) is 4.98 Å². The summed E-state index contributed by atoms with van der Waals surface area (Å²) < 4.78 is 8.32. The predicted molar refractivity (Wildman–Crippen MR) is 91.1 cm³/mol. The predicted octanol–water partition coefficient (Wildman–Crippen LogP) is 2.59. The first-order valence-corrected chi connectivity index (χ1v) is 8.21. The Bertz CT molecular complexity index is 845. The smallest absolute Gasteiger partial charge is 0.271 e. The van der Waals surface area contributed by atoms with Crippen molar-refractivity contribution in [3.05, 3.63) is 48.7 Å². The second-order valence-electron chi connectivity index (χ2n) is 6.19. The lowest BCUT2D eigenvalue weighted by Gasteiger charge is -2.32. The second-order valence-corrected chi connectivity index (χ2v) is 6.19. The molecule has 1 N–H and O–H groups in total. The van der Waals surface area contributed by atoms with Gasteiger partial charge in [0.2, 0.25) is 0 Å². The average molecular weight is 324 g/mol. The van der Waals surface area contributed by atoms with E-state index < -0.39 is 0 Å². The third-order valence-electron chi connectivity index (χ3n) is 4.64. The van der Waals surface area contributed by atoms with E-state index in [9.17, 15) is 4.79 Å². The molecule has 24 heavy (non-hydrogen) atoms. The van der Waals surface area contributed by atoms with Crippen LogP contribution >= 0.6 is 0 Å². The molecular formula is C18H20N4O2. The van der Waals surface area contributed by atoms with Crippen molar-refractivity contribution in [2.24, 2.45) is 7.05 Å². The number of aromatic nitrogens is 3. The average Bonchev–Trinajstić information content (AvgIpc) is 3.26. The minimum atomic E-state index is 0.0103. The zero-order chi connectivity index (χ0) is 16.5. The number of imidazole rings is 1. The molecular weight excluding hydrogens is 304 g/mol. The normalized spacial score (nSPS) is 15.8. The van der Waals surface area contributed by atoms with Crippen LogP contribution in [0.25, 0.3) is 10.9 Å². The van der Waals surface area contributed by atoms with E-state index in [-0.39, 0.29) is 12.0 Å². The number of aromatic amines is 1. The van der Waals surface area contributed by atoms with E-state index in [4.69, 9.17) is 4.74 Å². The fourth-order valence-corrected chi connectivity index (χ4v) is 3.28. The maximum atomic E-state index is 12.3. The Balaban J connectivity index is 1.42. The Hall–Kier alpha value is -2.76. The summed E-state index contributed by atoms with van der Waals surface area (Å²) in [6, 6.07) is 8.22. The van der Waals surface area contributed by atoms with Crippen LogP contribution < -0.4 is 4.74 Å². The van der Waals surface area contributed by atoms with Gasteiger partial charge in [0.25, 0.3) is 5.91 Å². The summed E-state index contributed by atoms with van der Waals surface area (Å²) in [6.45, 7) is 1.40. The van der Waals surface area contributed by atoms with Crippen molar-refractivity contribution in [3.63, 3.8) is 0 Å². The van der Waals surface area contributed by atoms with Crippen LogP contribution in [-0.4, -0.2) is 44.5 Å². The number of carbonyl (C=O) groups is 1. The Morgan fingerprint density at radius 2 is 2.12 bits per heavy atom. The number of H-pyrrole nitrogens is 1. The lowest BCUT2D eigenvalue weighted by atomic mass is 10.1. The van der Waals surface area contributed by atoms with Gasteiger partial charge in [-0.15, -0.1) is 0 Å². The van der Waals surface area contributed by atoms with Crippen molar-refractivity contribution in [1.29, 1.82) is 0 Å². The van der Waals surface area contributed by atoms with Gasteiger partial charge in [-0.2, -0.15) is 0 Å². The number of fused-ring (bicyclic) bond motifs is 1. The molecule has 2 aromatic heterocycles. The van der Waals surface area contributed by atoms with E-state index in [2.05, 4.69) is 26.7 Å². The molecule has 0 spiro atoms. The number of nitrogens with one attached hydrogen (secondary N) is 1. The Labute approximate surface area is 140 Å². The Kier molecular flexibility index (Phi) is 3.72. The van der Waals surface area contributed by atoms with E-state index in [1.165, 1.54) is 11.8 Å². The summed E-state index contributed by atoms with van der Waals surface area (Å²) in [6.07, 6.45) is 6.96. The molecule has 1 aromatic carbocycles. The van der Waals surface area contributed by atoms with Crippen molar-refractivity contribution >= 4 is 16.8 Å². The van der Waals surface area contributed by atoms with Crippen LogP contribution in [0.2, 0.25) is 0 Å². The first kappa shape index (κ1) is 14.8. The van der Waals surface area contributed by atoms with Crippen molar-refractivity contribution < 1.29 is 9.53 Å². The van der Waals surface area contributed by atoms with Gasteiger partial charge in [0.05, 0.1) is 18.0 Å². The van der Waals surface area contributed by atoms with E-state index >= 15 is 0 Å². The number of hydrogen-bond acceptors (Lipinski definition) is 3. The van der Waals surface area contributed by atoms with Crippen LogP contribution in [0.3, 0.4) is 0 Å². The van der Waals surface area contributed by atoms with Crippen LogP contribution in [0.5, 0.6) is 5.75 Å². The quantitative estimate of drug-likeness (QED) is 0.805. The summed E-state index contributed by atoms with van der Waals surface area (Å²) in [4.78, 5) is 21.0. The number of nitrogens with zero attached hydrogens (tertiary/aromatic N) is 3. The highest BCUT2D eigenvalue weighted by Gasteiger charge is 2.25. The first-order chi connectivity index (χ1) is 11.7. The third-order valence-corrected chi connectivity index (χ3v) is 4.64.